The van der Waals surface area contributed by atoms with E-state index in [1.807, 2.05) is 0 Å². The summed E-state index contributed by atoms with van der Waals surface area (Å²) in [7, 11) is -3.71. The summed E-state index contributed by atoms with van der Waals surface area (Å²) in [4.78, 5) is 11.9. The normalized spacial score (nSPS) is 12.8. The third kappa shape index (κ3) is 7.20. The first-order chi connectivity index (χ1) is 10.3. The molecule has 2 N–H and O–H groups in total. The molecular weight excluding hydrogens is 340 g/mol. The van der Waals surface area contributed by atoms with Crippen LogP contribution >= 0.6 is 11.6 Å². The lowest BCUT2D eigenvalue weighted by Crippen LogP contribution is -2.52. The summed E-state index contributed by atoms with van der Waals surface area (Å²) in [6, 6.07) is 5.95. The second-order valence-corrected chi connectivity index (χ2v) is 9.00. The highest BCUT2D eigenvalue weighted by Gasteiger charge is 2.26. The zero-order valence-corrected chi connectivity index (χ0v) is 15.5. The lowest BCUT2D eigenvalue weighted by Gasteiger charge is -2.28. The first-order valence-corrected chi connectivity index (χ1v) is 8.93. The predicted octanol–water partition coefficient (Wildman–Crippen LogP) is 2.92. The number of benzene rings is 1. The average molecular weight is 363 g/mol. The topological polar surface area (TPSA) is 84.5 Å². The molecule has 6 nitrogen and oxygen atoms in total. The van der Waals surface area contributed by atoms with Gasteiger partial charge in [0.2, 0.25) is 10.0 Å². The molecule has 0 heterocycles. The second-order valence-electron chi connectivity index (χ2n) is 6.79. The molecule has 0 fully saturated rings. The van der Waals surface area contributed by atoms with Gasteiger partial charge in [-0.15, -0.1) is 0 Å². The van der Waals surface area contributed by atoms with Crippen LogP contribution in [0.3, 0.4) is 0 Å². The lowest BCUT2D eigenvalue weighted by molar-refractivity contribution is 0.0474. The average Bonchev–Trinajstić information content (AvgIpc) is 2.33. The van der Waals surface area contributed by atoms with Crippen molar-refractivity contribution in [1.82, 2.24) is 10.0 Å². The van der Waals surface area contributed by atoms with Gasteiger partial charge in [0.05, 0.1) is 10.4 Å². The molecule has 1 aromatic carbocycles. The number of hydrogen-bond donors (Lipinski definition) is 2. The Morgan fingerprint density at radius 1 is 1.22 bits per heavy atom. The maximum absolute atomic E-state index is 12.2. The number of carbonyl (C=O) groups is 1. The fourth-order valence-corrected chi connectivity index (χ4v) is 3.13. The van der Waals surface area contributed by atoms with Crippen LogP contribution in [0.25, 0.3) is 0 Å². The summed E-state index contributed by atoms with van der Waals surface area (Å²) < 4.78 is 32.1. The van der Waals surface area contributed by atoms with Crippen LogP contribution < -0.4 is 10.0 Å². The minimum absolute atomic E-state index is 0.00108. The summed E-state index contributed by atoms with van der Waals surface area (Å²) in [5.74, 6) is 0. The Morgan fingerprint density at radius 3 is 2.35 bits per heavy atom. The summed E-state index contributed by atoms with van der Waals surface area (Å²) in [6.45, 7) is 8.64. The third-order valence-electron chi connectivity index (χ3n) is 2.65. The van der Waals surface area contributed by atoms with Crippen LogP contribution in [-0.4, -0.2) is 32.2 Å². The van der Waals surface area contributed by atoms with Crippen LogP contribution in [0.4, 0.5) is 4.79 Å². The molecule has 0 aliphatic carbocycles. The summed E-state index contributed by atoms with van der Waals surface area (Å²) >= 11 is 5.81. The van der Waals surface area contributed by atoms with Gasteiger partial charge in [0.15, 0.2) is 0 Å². The number of alkyl carbamates (subject to hydrolysis) is 1. The number of carbonyl (C=O) groups excluding carboxylic acids is 1. The monoisotopic (exact) mass is 362 g/mol. The standard InChI is InChI=1S/C15H23ClN2O4S/c1-14(2,3)22-13(19)18-15(4,5)10-17-23(20,21)12-8-6-7-11(16)9-12/h6-9,17H,10H2,1-5H3,(H,18,19). The fraction of sp³-hybridized carbons (Fsp3) is 0.533. The maximum Gasteiger partial charge on any atom is 0.408 e. The molecule has 0 aromatic heterocycles. The van der Waals surface area contributed by atoms with Crippen LogP contribution in [0.1, 0.15) is 34.6 Å². The van der Waals surface area contributed by atoms with Gasteiger partial charge in [0.1, 0.15) is 5.60 Å². The van der Waals surface area contributed by atoms with Gasteiger partial charge in [-0.3, -0.25) is 0 Å². The van der Waals surface area contributed by atoms with Gasteiger partial charge >= 0.3 is 6.09 Å². The van der Waals surface area contributed by atoms with Crippen molar-refractivity contribution in [2.45, 2.75) is 50.7 Å². The molecule has 130 valence electrons. The van der Waals surface area contributed by atoms with Gasteiger partial charge < -0.3 is 10.1 Å². The van der Waals surface area contributed by atoms with E-state index >= 15 is 0 Å². The van der Waals surface area contributed by atoms with Crippen molar-refractivity contribution in [2.24, 2.45) is 0 Å². The Hall–Kier alpha value is -1.31. The predicted molar refractivity (Wildman–Crippen MR) is 90.1 cm³/mol. The molecule has 8 heteroatoms. The zero-order valence-electron chi connectivity index (χ0n) is 13.9. The number of amides is 1. The quantitative estimate of drug-likeness (QED) is 0.843. The van der Waals surface area contributed by atoms with E-state index < -0.39 is 27.3 Å². The molecule has 23 heavy (non-hydrogen) atoms. The number of sulfonamides is 1. The van der Waals surface area contributed by atoms with Crippen LogP contribution in [0, 0.1) is 0 Å². The van der Waals surface area contributed by atoms with Crippen LogP contribution in [0.2, 0.25) is 5.02 Å². The Bertz CT molecular complexity index is 666. The van der Waals surface area contributed by atoms with Gasteiger partial charge in [0.25, 0.3) is 0 Å². The van der Waals surface area contributed by atoms with Gasteiger partial charge in [-0.1, -0.05) is 17.7 Å². The molecule has 0 aliphatic heterocycles. The number of ether oxygens (including phenoxy) is 1. The molecule has 0 aliphatic rings. The van der Waals surface area contributed by atoms with E-state index in [9.17, 15) is 13.2 Å². The molecular formula is C15H23ClN2O4S. The molecule has 1 rings (SSSR count). The summed E-state index contributed by atoms with van der Waals surface area (Å²) in [5, 5.41) is 2.97. The van der Waals surface area contributed by atoms with Crippen molar-refractivity contribution in [2.75, 3.05) is 6.54 Å². The van der Waals surface area contributed by atoms with E-state index in [4.69, 9.17) is 16.3 Å². The highest BCUT2D eigenvalue weighted by atomic mass is 35.5. The molecule has 1 amide bonds. The Morgan fingerprint density at radius 2 is 1.83 bits per heavy atom. The number of halogens is 1. The van der Waals surface area contributed by atoms with E-state index in [1.54, 1.807) is 46.8 Å². The van der Waals surface area contributed by atoms with Crippen molar-refractivity contribution in [3.63, 3.8) is 0 Å². The molecule has 0 saturated carbocycles. The fourth-order valence-electron chi connectivity index (χ4n) is 1.62. The van der Waals surface area contributed by atoms with Crippen molar-refractivity contribution < 1.29 is 17.9 Å². The van der Waals surface area contributed by atoms with E-state index in [1.165, 1.54) is 12.1 Å². The van der Waals surface area contributed by atoms with Crippen molar-refractivity contribution in [3.05, 3.63) is 29.3 Å². The third-order valence-corrected chi connectivity index (χ3v) is 4.28. The molecule has 0 unspecified atom stereocenters. The molecule has 0 atom stereocenters. The van der Waals surface area contributed by atoms with Crippen molar-refractivity contribution in [1.29, 1.82) is 0 Å². The lowest BCUT2D eigenvalue weighted by atomic mass is 10.1. The van der Waals surface area contributed by atoms with Crippen LogP contribution in [0.15, 0.2) is 29.2 Å². The first-order valence-electron chi connectivity index (χ1n) is 7.07. The van der Waals surface area contributed by atoms with Crippen molar-refractivity contribution in [3.8, 4) is 0 Å². The van der Waals surface area contributed by atoms with Gasteiger partial charge in [-0.2, -0.15) is 0 Å². The SMILES string of the molecule is CC(C)(CNS(=O)(=O)c1cccc(Cl)c1)NC(=O)OC(C)(C)C. The number of nitrogens with one attached hydrogen (secondary N) is 2. The van der Waals surface area contributed by atoms with E-state index in [0.717, 1.165) is 0 Å². The maximum atomic E-state index is 12.2. The molecule has 1 aromatic rings. The highest BCUT2D eigenvalue weighted by Crippen LogP contribution is 2.16. The Kier molecular flexibility index (Phi) is 6.06. The minimum Gasteiger partial charge on any atom is -0.444 e. The number of hydrogen-bond acceptors (Lipinski definition) is 4. The van der Waals surface area contributed by atoms with E-state index in [2.05, 4.69) is 10.0 Å². The van der Waals surface area contributed by atoms with Crippen LogP contribution in [-0.2, 0) is 14.8 Å². The Labute approximate surface area is 142 Å². The highest BCUT2D eigenvalue weighted by molar-refractivity contribution is 7.89. The van der Waals surface area contributed by atoms with Gasteiger partial charge in [0, 0.05) is 11.6 Å². The van der Waals surface area contributed by atoms with Gasteiger partial charge in [-0.05, 0) is 52.8 Å². The van der Waals surface area contributed by atoms with Crippen LogP contribution in [0.5, 0.6) is 0 Å². The zero-order chi connectivity index (χ0) is 17.9. The molecule has 0 radical (unpaired) electrons. The summed E-state index contributed by atoms with van der Waals surface area (Å²) in [5.41, 5.74) is -1.45. The largest absolute Gasteiger partial charge is 0.444 e. The number of rotatable bonds is 5. The molecule has 0 saturated heterocycles. The van der Waals surface area contributed by atoms with E-state index in [-0.39, 0.29) is 11.4 Å². The molecule has 0 spiro atoms. The second kappa shape index (κ2) is 7.07. The molecule has 0 bridgehead atoms. The van der Waals surface area contributed by atoms with Gasteiger partial charge in [-0.25, -0.2) is 17.9 Å². The minimum atomic E-state index is -3.71. The Balaban J connectivity index is 2.70. The van der Waals surface area contributed by atoms with Crippen molar-refractivity contribution >= 4 is 27.7 Å². The summed E-state index contributed by atoms with van der Waals surface area (Å²) in [6.07, 6.45) is -0.607. The smallest absolute Gasteiger partial charge is 0.408 e. The van der Waals surface area contributed by atoms with E-state index in [0.29, 0.717) is 5.02 Å². The first kappa shape index (κ1) is 19.7.